The van der Waals surface area contributed by atoms with Gasteiger partial charge < -0.3 is 4.74 Å². The minimum atomic E-state index is -5.08. The summed E-state index contributed by atoms with van der Waals surface area (Å²) in [6, 6.07) is 2.32. The standard InChI is InChI=1S/C10H7F5N2O/c1-5-4-7(18-10(13,14)15)8(9(11)12)6(17-5)2-3-16/h4,9H,2H2,1H3. The van der Waals surface area contributed by atoms with Crippen LogP contribution in [-0.4, -0.2) is 11.3 Å². The van der Waals surface area contributed by atoms with Crippen LogP contribution in [-0.2, 0) is 6.42 Å². The summed E-state index contributed by atoms with van der Waals surface area (Å²) in [5.41, 5.74) is -1.35. The van der Waals surface area contributed by atoms with Crippen molar-refractivity contribution in [1.82, 2.24) is 4.98 Å². The fourth-order valence-corrected chi connectivity index (χ4v) is 1.37. The molecule has 1 heterocycles. The van der Waals surface area contributed by atoms with E-state index in [0.717, 1.165) is 6.07 Å². The molecule has 0 bridgehead atoms. The molecule has 0 aromatic carbocycles. The molecule has 0 atom stereocenters. The zero-order valence-electron chi connectivity index (χ0n) is 9.05. The summed E-state index contributed by atoms with van der Waals surface area (Å²) >= 11 is 0. The van der Waals surface area contributed by atoms with Gasteiger partial charge in [-0.1, -0.05) is 0 Å². The molecule has 1 rings (SSSR count). The van der Waals surface area contributed by atoms with Gasteiger partial charge in [0.2, 0.25) is 0 Å². The monoisotopic (exact) mass is 266 g/mol. The van der Waals surface area contributed by atoms with E-state index in [4.69, 9.17) is 5.26 Å². The number of aromatic nitrogens is 1. The quantitative estimate of drug-likeness (QED) is 0.788. The topological polar surface area (TPSA) is 45.9 Å². The van der Waals surface area contributed by atoms with Gasteiger partial charge in [0.05, 0.1) is 23.7 Å². The van der Waals surface area contributed by atoms with E-state index in [-0.39, 0.29) is 5.69 Å². The van der Waals surface area contributed by atoms with Gasteiger partial charge in [0, 0.05) is 11.8 Å². The third-order valence-electron chi connectivity index (χ3n) is 1.92. The second-order valence-corrected chi connectivity index (χ2v) is 3.31. The van der Waals surface area contributed by atoms with E-state index in [1.165, 1.54) is 6.92 Å². The van der Waals surface area contributed by atoms with Crippen molar-refractivity contribution in [1.29, 1.82) is 5.26 Å². The van der Waals surface area contributed by atoms with Crippen LogP contribution in [0.1, 0.15) is 23.4 Å². The lowest BCUT2D eigenvalue weighted by Gasteiger charge is -2.15. The highest BCUT2D eigenvalue weighted by Gasteiger charge is 2.34. The normalized spacial score (nSPS) is 11.4. The molecule has 0 aliphatic rings. The van der Waals surface area contributed by atoms with E-state index in [0.29, 0.717) is 0 Å². The van der Waals surface area contributed by atoms with Crippen LogP contribution in [0.25, 0.3) is 0 Å². The number of hydrogen-bond donors (Lipinski definition) is 0. The minimum Gasteiger partial charge on any atom is -0.405 e. The second-order valence-electron chi connectivity index (χ2n) is 3.31. The summed E-state index contributed by atoms with van der Waals surface area (Å²) < 4.78 is 65.2. The average molecular weight is 266 g/mol. The maximum atomic E-state index is 12.7. The minimum absolute atomic E-state index is 0.0592. The SMILES string of the molecule is Cc1cc(OC(F)(F)F)c(C(F)F)c(CC#N)n1. The number of aryl methyl sites for hydroxylation is 1. The molecule has 0 saturated heterocycles. The van der Waals surface area contributed by atoms with E-state index < -0.39 is 36.2 Å². The highest BCUT2D eigenvalue weighted by molar-refractivity contribution is 5.40. The number of hydrogen-bond acceptors (Lipinski definition) is 3. The van der Waals surface area contributed by atoms with Crippen molar-refractivity contribution in [3.63, 3.8) is 0 Å². The third kappa shape index (κ3) is 3.55. The van der Waals surface area contributed by atoms with Crippen molar-refractivity contribution in [3.8, 4) is 11.8 Å². The van der Waals surface area contributed by atoms with Crippen LogP contribution in [0, 0.1) is 18.3 Å². The molecular formula is C10H7F5N2O. The molecule has 8 heteroatoms. The maximum Gasteiger partial charge on any atom is 0.573 e. The molecule has 0 aliphatic heterocycles. The Morgan fingerprint density at radius 3 is 2.50 bits per heavy atom. The smallest absolute Gasteiger partial charge is 0.405 e. The number of nitrogens with zero attached hydrogens (tertiary/aromatic N) is 2. The predicted octanol–water partition coefficient (Wildman–Crippen LogP) is 3.29. The fourth-order valence-electron chi connectivity index (χ4n) is 1.37. The number of halogens is 5. The van der Waals surface area contributed by atoms with Gasteiger partial charge in [-0.3, -0.25) is 4.98 Å². The molecule has 0 aliphatic carbocycles. The molecule has 0 N–H and O–H groups in total. The van der Waals surface area contributed by atoms with Crippen molar-refractivity contribution in [3.05, 3.63) is 23.0 Å². The molecule has 1 aromatic rings. The van der Waals surface area contributed by atoms with Crippen LogP contribution in [0.5, 0.6) is 5.75 Å². The van der Waals surface area contributed by atoms with Crippen LogP contribution in [0.2, 0.25) is 0 Å². The van der Waals surface area contributed by atoms with Crippen molar-refractivity contribution in [2.24, 2.45) is 0 Å². The maximum absolute atomic E-state index is 12.7. The van der Waals surface area contributed by atoms with Crippen molar-refractivity contribution in [2.45, 2.75) is 26.1 Å². The first-order valence-corrected chi connectivity index (χ1v) is 4.66. The van der Waals surface area contributed by atoms with Crippen molar-refractivity contribution in [2.75, 3.05) is 0 Å². The molecular weight excluding hydrogens is 259 g/mol. The van der Waals surface area contributed by atoms with Crippen LogP contribution in [0.15, 0.2) is 6.07 Å². The molecule has 0 unspecified atom stereocenters. The Morgan fingerprint density at radius 2 is 2.06 bits per heavy atom. The zero-order valence-corrected chi connectivity index (χ0v) is 9.05. The van der Waals surface area contributed by atoms with Gasteiger partial charge in [0.25, 0.3) is 6.43 Å². The molecule has 18 heavy (non-hydrogen) atoms. The first-order chi connectivity index (χ1) is 8.24. The van der Waals surface area contributed by atoms with Crippen molar-refractivity contribution >= 4 is 0 Å². The molecule has 3 nitrogen and oxygen atoms in total. The van der Waals surface area contributed by atoms with E-state index in [2.05, 4.69) is 9.72 Å². The van der Waals surface area contributed by atoms with Gasteiger partial charge in [-0.2, -0.15) is 5.26 Å². The van der Waals surface area contributed by atoms with Crippen LogP contribution < -0.4 is 4.74 Å². The molecule has 0 radical (unpaired) electrons. The molecule has 0 fully saturated rings. The first kappa shape index (κ1) is 14.2. The number of rotatable bonds is 3. The predicted molar refractivity (Wildman–Crippen MR) is 49.9 cm³/mol. The van der Waals surface area contributed by atoms with E-state index in [1.807, 2.05) is 0 Å². The van der Waals surface area contributed by atoms with Gasteiger partial charge in [-0.05, 0) is 6.92 Å². The van der Waals surface area contributed by atoms with Gasteiger partial charge in [0.15, 0.2) is 0 Å². The van der Waals surface area contributed by atoms with Crippen LogP contribution in [0.4, 0.5) is 22.0 Å². The summed E-state index contributed by atoms with van der Waals surface area (Å²) in [5.74, 6) is -1.02. The lowest BCUT2D eigenvalue weighted by molar-refractivity contribution is -0.275. The number of pyridine rings is 1. The van der Waals surface area contributed by atoms with E-state index in [9.17, 15) is 22.0 Å². The summed E-state index contributed by atoms with van der Waals surface area (Å²) in [6.45, 7) is 1.32. The summed E-state index contributed by atoms with van der Waals surface area (Å²) in [5, 5.41) is 8.44. The lowest BCUT2D eigenvalue weighted by atomic mass is 10.1. The van der Waals surface area contributed by atoms with Gasteiger partial charge in [-0.15, -0.1) is 13.2 Å². The Bertz CT molecular complexity index is 478. The van der Waals surface area contributed by atoms with Crippen LogP contribution >= 0.6 is 0 Å². The van der Waals surface area contributed by atoms with E-state index >= 15 is 0 Å². The van der Waals surface area contributed by atoms with Crippen molar-refractivity contribution < 1.29 is 26.7 Å². The summed E-state index contributed by atoms with van der Waals surface area (Å²) in [7, 11) is 0. The van der Waals surface area contributed by atoms with Gasteiger partial charge in [-0.25, -0.2) is 8.78 Å². The Hall–Kier alpha value is -1.91. The molecule has 1 aromatic heterocycles. The Kier molecular flexibility index (Phi) is 4.06. The first-order valence-electron chi connectivity index (χ1n) is 4.66. The summed E-state index contributed by atoms with van der Waals surface area (Å²) in [4.78, 5) is 3.62. The average Bonchev–Trinajstić information content (AvgIpc) is 2.13. The molecule has 0 amide bonds. The number of nitriles is 1. The molecule has 0 saturated carbocycles. The highest BCUT2D eigenvalue weighted by atomic mass is 19.4. The Labute approximate surface area is 98.8 Å². The highest BCUT2D eigenvalue weighted by Crippen LogP contribution is 2.35. The Balaban J connectivity index is 3.35. The summed E-state index contributed by atoms with van der Waals surface area (Å²) in [6.07, 6.45) is -8.81. The van der Waals surface area contributed by atoms with E-state index in [1.54, 1.807) is 6.07 Å². The van der Waals surface area contributed by atoms with Gasteiger partial charge >= 0.3 is 6.36 Å². The zero-order chi connectivity index (χ0) is 13.9. The molecule has 98 valence electrons. The molecule has 0 spiro atoms. The number of ether oxygens (including phenoxy) is 1. The largest absolute Gasteiger partial charge is 0.573 e. The van der Waals surface area contributed by atoms with Crippen LogP contribution in [0.3, 0.4) is 0 Å². The Morgan fingerprint density at radius 1 is 1.44 bits per heavy atom. The second kappa shape index (κ2) is 5.16. The number of alkyl halides is 5. The third-order valence-corrected chi connectivity index (χ3v) is 1.92. The fraction of sp³-hybridized carbons (Fsp3) is 0.400. The lowest BCUT2D eigenvalue weighted by Crippen LogP contribution is -2.19. The van der Waals surface area contributed by atoms with Gasteiger partial charge in [0.1, 0.15) is 5.75 Å².